The van der Waals surface area contributed by atoms with Gasteiger partial charge in [-0.2, -0.15) is 0 Å². The minimum Gasteiger partial charge on any atom is -0.444 e. The van der Waals surface area contributed by atoms with E-state index in [0.29, 0.717) is 12.5 Å². The largest absolute Gasteiger partial charge is 0.494 e. The Labute approximate surface area is 206 Å². The van der Waals surface area contributed by atoms with E-state index < -0.39 is 12.7 Å². The van der Waals surface area contributed by atoms with E-state index in [2.05, 4.69) is 39.8 Å². The molecule has 188 valence electrons. The average Bonchev–Trinajstić information content (AvgIpc) is 3.00. The van der Waals surface area contributed by atoms with Gasteiger partial charge in [-0.3, -0.25) is 4.98 Å². The molecule has 1 unspecified atom stereocenters. The molecule has 7 heteroatoms. The van der Waals surface area contributed by atoms with Crippen molar-refractivity contribution in [2.24, 2.45) is 0 Å². The lowest BCUT2D eigenvalue weighted by Crippen LogP contribution is -2.43. The van der Waals surface area contributed by atoms with Gasteiger partial charge in [0.25, 0.3) is 0 Å². The van der Waals surface area contributed by atoms with E-state index in [1.807, 2.05) is 25.7 Å². The first-order valence-electron chi connectivity index (χ1n) is 13.2. The first-order chi connectivity index (χ1) is 15.8. The zero-order valence-electron chi connectivity index (χ0n) is 22.3. The molecule has 1 aromatic rings. The van der Waals surface area contributed by atoms with Gasteiger partial charge in [-0.1, -0.05) is 19.3 Å². The topological polar surface area (TPSA) is 60.9 Å². The van der Waals surface area contributed by atoms with Gasteiger partial charge in [-0.05, 0) is 91.7 Å². The van der Waals surface area contributed by atoms with Gasteiger partial charge in [0, 0.05) is 36.3 Å². The van der Waals surface area contributed by atoms with E-state index in [-0.39, 0.29) is 23.2 Å². The maximum atomic E-state index is 12.8. The molecule has 0 bridgehead atoms. The summed E-state index contributed by atoms with van der Waals surface area (Å²) in [5.74, 6) is 0.673. The van der Waals surface area contributed by atoms with Gasteiger partial charge in [0.1, 0.15) is 5.60 Å². The van der Waals surface area contributed by atoms with Crippen LogP contribution in [-0.4, -0.2) is 53.0 Å². The van der Waals surface area contributed by atoms with Crippen molar-refractivity contribution < 1.29 is 18.8 Å². The second-order valence-electron chi connectivity index (χ2n) is 12.4. The van der Waals surface area contributed by atoms with Crippen molar-refractivity contribution in [2.45, 2.75) is 122 Å². The number of amides is 1. The lowest BCUT2D eigenvalue weighted by atomic mass is 9.76. The van der Waals surface area contributed by atoms with Crippen LogP contribution in [0.15, 0.2) is 12.1 Å². The number of rotatable bonds is 3. The third-order valence-corrected chi connectivity index (χ3v) is 7.93. The number of pyridine rings is 1. The molecule has 1 amide bonds. The zero-order valence-corrected chi connectivity index (χ0v) is 22.3. The fourth-order valence-corrected chi connectivity index (χ4v) is 5.24. The molecule has 6 nitrogen and oxygen atoms in total. The van der Waals surface area contributed by atoms with E-state index in [0.717, 1.165) is 36.2 Å². The van der Waals surface area contributed by atoms with Crippen molar-refractivity contribution in [1.29, 1.82) is 0 Å². The third kappa shape index (κ3) is 5.62. The van der Waals surface area contributed by atoms with Crippen molar-refractivity contribution in [1.82, 2.24) is 9.88 Å². The van der Waals surface area contributed by atoms with Gasteiger partial charge in [0.05, 0.1) is 11.2 Å². The number of carbonyl (C=O) groups is 1. The van der Waals surface area contributed by atoms with Crippen LogP contribution in [-0.2, 0) is 14.0 Å². The Hall–Kier alpha value is -1.60. The predicted octanol–water partition coefficient (Wildman–Crippen LogP) is 5.54. The first-order valence-corrected chi connectivity index (χ1v) is 13.2. The Kier molecular flexibility index (Phi) is 7.09. The minimum absolute atomic E-state index is 0.186. The molecule has 1 atom stereocenters. The highest BCUT2D eigenvalue weighted by Crippen LogP contribution is 2.38. The summed E-state index contributed by atoms with van der Waals surface area (Å²) in [5.41, 5.74) is 2.01. The fraction of sp³-hybridized carbons (Fsp3) is 0.778. The molecular formula is C27H43BN2O4. The van der Waals surface area contributed by atoms with Crippen molar-refractivity contribution in [3.05, 3.63) is 23.5 Å². The summed E-state index contributed by atoms with van der Waals surface area (Å²) in [6.45, 7) is 15.5. The smallest absolute Gasteiger partial charge is 0.444 e. The molecule has 1 saturated carbocycles. The van der Waals surface area contributed by atoms with Gasteiger partial charge in [-0.25, -0.2) is 4.79 Å². The van der Waals surface area contributed by atoms with E-state index in [1.165, 1.54) is 32.1 Å². The standard InChI is InChI=1S/C27H43BN2O4/c1-25(2,3)32-24(31)30-15-11-14-20(18-30)23-17-21(28-33-26(4,5)27(6,7)34-28)16-22(29-23)19-12-9-8-10-13-19/h16-17,19-20H,8-15,18H2,1-7H3. The molecule has 34 heavy (non-hydrogen) atoms. The van der Waals surface area contributed by atoms with Crippen LogP contribution in [0.4, 0.5) is 4.79 Å². The molecule has 0 radical (unpaired) electrons. The molecule has 2 aliphatic heterocycles. The zero-order chi connectivity index (χ0) is 24.7. The van der Waals surface area contributed by atoms with Crippen molar-refractivity contribution >= 4 is 18.7 Å². The normalized spacial score (nSPS) is 25.4. The molecule has 3 fully saturated rings. The SMILES string of the molecule is CC(C)(C)OC(=O)N1CCCC(c2cc(B3OC(C)(C)C(C)(C)O3)cc(C3CCCCC3)n2)C1. The molecule has 0 spiro atoms. The van der Waals surface area contributed by atoms with E-state index >= 15 is 0 Å². The number of hydrogen-bond acceptors (Lipinski definition) is 5. The molecule has 0 N–H and O–H groups in total. The minimum atomic E-state index is -0.493. The van der Waals surface area contributed by atoms with Crippen molar-refractivity contribution in [3.63, 3.8) is 0 Å². The summed E-state index contributed by atoms with van der Waals surface area (Å²) in [6.07, 6.45) is 7.95. The van der Waals surface area contributed by atoms with Gasteiger partial charge in [0.2, 0.25) is 0 Å². The molecule has 3 aliphatic rings. The number of carbonyl (C=O) groups excluding carboxylic acids is 1. The number of likely N-dealkylation sites (tertiary alicyclic amines) is 1. The Balaban J connectivity index is 1.62. The Morgan fingerprint density at radius 1 is 0.971 bits per heavy atom. The Morgan fingerprint density at radius 3 is 2.12 bits per heavy atom. The maximum absolute atomic E-state index is 12.8. The summed E-state index contributed by atoms with van der Waals surface area (Å²) in [5, 5.41) is 0. The Morgan fingerprint density at radius 2 is 1.53 bits per heavy atom. The van der Waals surface area contributed by atoms with Crippen LogP contribution in [0.3, 0.4) is 0 Å². The van der Waals surface area contributed by atoms with Crippen LogP contribution in [0.2, 0.25) is 0 Å². The summed E-state index contributed by atoms with van der Waals surface area (Å²) in [6, 6.07) is 4.38. The summed E-state index contributed by atoms with van der Waals surface area (Å²) in [7, 11) is -0.403. The summed E-state index contributed by atoms with van der Waals surface area (Å²) < 4.78 is 18.5. The Bertz CT molecular complexity index is 873. The van der Waals surface area contributed by atoms with Gasteiger partial charge in [-0.15, -0.1) is 0 Å². The van der Waals surface area contributed by atoms with Gasteiger partial charge >= 0.3 is 13.2 Å². The third-order valence-electron chi connectivity index (χ3n) is 7.93. The van der Waals surface area contributed by atoms with Crippen molar-refractivity contribution in [2.75, 3.05) is 13.1 Å². The molecular weight excluding hydrogens is 427 g/mol. The van der Waals surface area contributed by atoms with E-state index in [9.17, 15) is 4.79 Å². The molecule has 4 rings (SSSR count). The van der Waals surface area contributed by atoms with Crippen LogP contribution in [0, 0.1) is 0 Å². The second kappa shape index (κ2) is 9.46. The highest BCUT2D eigenvalue weighted by Gasteiger charge is 2.52. The fourth-order valence-electron chi connectivity index (χ4n) is 5.24. The lowest BCUT2D eigenvalue weighted by molar-refractivity contribution is 0.00578. The molecule has 1 aromatic heterocycles. The molecule has 3 heterocycles. The van der Waals surface area contributed by atoms with Crippen molar-refractivity contribution in [3.8, 4) is 0 Å². The lowest BCUT2D eigenvalue weighted by Gasteiger charge is -2.34. The highest BCUT2D eigenvalue weighted by molar-refractivity contribution is 6.62. The number of ether oxygens (including phenoxy) is 1. The first kappa shape index (κ1) is 25.5. The number of nitrogens with zero attached hydrogens (tertiary/aromatic N) is 2. The summed E-state index contributed by atoms with van der Waals surface area (Å²) in [4.78, 5) is 19.8. The highest BCUT2D eigenvalue weighted by atomic mass is 16.7. The monoisotopic (exact) mass is 470 g/mol. The van der Waals surface area contributed by atoms with Crippen LogP contribution < -0.4 is 5.46 Å². The van der Waals surface area contributed by atoms with Crippen LogP contribution in [0.5, 0.6) is 0 Å². The van der Waals surface area contributed by atoms with Crippen LogP contribution in [0.1, 0.15) is 117 Å². The van der Waals surface area contributed by atoms with E-state index in [4.69, 9.17) is 19.0 Å². The van der Waals surface area contributed by atoms with E-state index in [1.54, 1.807) is 0 Å². The second-order valence-corrected chi connectivity index (χ2v) is 12.4. The number of aromatic nitrogens is 1. The number of piperidine rings is 1. The van der Waals surface area contributed by atoms with Crippen LogP contribution in [0.25, 0.3) is 0 Å². The molecule has 0 aromatic carbocycles. The quantitative estimate of drug-likeness (QED) is 0.543. The van der Waals surface area contributed by atoms with Crippen LogP contribution >= 0.6 is 0 Å². The number of hydrogen-bond donors (Lipinski definition) is 0. The molecule has 1 aliphatic carbocycles. The average molecular weight is 470 g/mol. The van der Waals surface area contributed by atoms with Gasteiger partial charge < -0.3 is 18.9 Å². The summed E-state index contributed by atoms with van der Waals surface area (Å²) >= 11 is 0. The van der Waals surface area contributed by atoms with Gasteiger partial charge in [0.15, 0.2) is 0 Å². The molecule has 2 saturated heterocycles. The predicted molar refractivity (Wildman–Crippen MR) is 136 cm³/mol. The maximum Gasteiger partial charge on any atom is 0.494 e.